The molecule has 4 rings (SSSR count). The minimum atomic E-state index is -1.43. The second-order valence-electron chi connectivity index (χ2n) is 9.33. The smallest absolute Gasteiger partial charge is 0.446 e. The molecule has 5 atom stereocenters. The van der Waals surface area contributed by atoms with E-state index in [0.29, 0.717) is 12.8 Å². The Morgan fingerprint density at radius 1 is 1.23 bits per heavy atom. The van der Waals surface area contributed by atoms with Gasteiger partial charge in [0.25, 0.3) is 0 Å². The Bertz CT molecular complexity index is 904. The molecule has 6 nitrogen and oxygen atoms in total. The van der Waals surface area contributed by atoms with E-state index < -0.39 is 23.1 Å². The fraction of sp³-hybridized carbons (Fsp3) is 0.625. The molecule has 0 N–H and O–H groups in total. The fourth-order valence-corrected chi connectivity index (χ4v) is 6.62. The van der Waals surface area contributed by atoms with Crippen LogP contribution in [0.2, 0.25) is 0 Å². The fourth-order valence-electron chi connectivity index (χ4n) is 6.52. The molecular weight excluding hydrogens is 420 g/mol. The lowest BCUT2D eigenvalue weighted by Crippen LogP contribution is -2.57. The Balaban J connectivity index is 1.74. The molecule has 0 bridgehead atoms. The number of ketones is 1. The Labute approximate surface area is 187 Å². The molecule has 0 unspecified atom stereocenters. The highest BCUT2D eigenvalue weighted by molar-refractivity contribution is 6.17. The number of fused-ring (bicyclic) bond motifs is 5. The number of allylic oxidation sites excluding steroid dienone is 6. The summed E-state index contributed by atoms with van der Waals surface area (Å²) in [6.07, 6.45) is 10.2. The van der Waals surface area contributed by atoms with Crippen LogP contribution in [0.25, 0.3) is 0 Å². The van der Waals surface area contributed by atoms with Crippen molar-refractivity contribution in [3.8, 4) is 0 Å². The summed E-state index contributed by atoms with van der Waals surface area (Å²) >= 11 is 5.70. The van der Waals surface area contributed by atoms with Crippen LogP contribution in [-0.2, 0) is 23.8 Å². The highest BCUT2D eigenvalue weighted by atomic mass is 35.5. The Hall–Kier alpha value is -2.08. The lowest BCUT2D eigenvalue weighted by molar-refractivity contribution is -0.182. The van der Waals surface area contributed by atoms with Gasteiger partial charge in [0.1, 0.15) is 0 Å². The van der Waals surface area contributed by atoms with Crippen molar-refractivity contribution in [3.63, 3.8) is 0 Å². The van der Waals surface area contributed by atoms with Crippen molar-refractivity contribution in [1.82, 2.24) is 0 Å². The van der Waals surface area contributed by atoms with Crippen molar-refractivity contribution in [1.29, 1.82) is 0 Å². The Morgan fingerprint density at radius 3 is 2.71 bits per heavy atom. The second-order valence-corrected chi connectivity index (χ2v) is 9.55. The largest absolute Gasteiger partial charge is 0.509 e. The van der Waals surface area contributed by atoms with Crippen LogP contribution in [0, 0.1) is 22.7 Å². The molecule has 0 saturated heterocycles. The molecule has 168 valence electrons. The van der Waals surface area contributed by atoms with Gasteiger partial charge in [0.05, 0.1) is 6.61 Å². The van der Waals surface area contributed by atoms with E-state index in [2.05, 4.69) is 13.0 Å². The molecule has 2 fully saturated rings. The third kappa shape index (κ3) is 3.17. The predicted molar refractivity (Wildman–Crippen MR) is 114 cm³/mol. The van der Waals surface area contributed by atoms with Crippen LogP contribution in [-0.4, -0.2) is 36.2 Å². The van der Waals surface area contributed by atoms with E-state index in [1.54, 1.807) is 19.1 Å². The van der Waals surface area contributed by atoms with E-state index in [0.717, 1.165) is 24.8 Å². The maximum absolute atomic E-state index is 13.1. The maximum atomic E-state index is 13.1. The minimum Gasteiger partial charge on any atom is -0.446 e. The van der Waals surface area contributed by atoms with E-state index in [-0.39, 0.29) is 35.7 Å². The van der Waals surface area contributed by atoms with Crippen LogP contribution in [0.5, 0.6) is 0 Å². The highest BCUT2D eigenvalue weighted by Crippen LogP contribution is 2.66. The monoisotopic (exact) mass is 448 g/mol. The summed E-state index contributed by atoms with van der Waals surface area (Å²) in [6.45, 7) is 6.03. The summed E-state index contributed by atoms with van der Waals surface area (Å²) in [6, 6.07) is -0.302. The van der Waals surface area contributed by atoms with Gasteiger partial charge in [-0.3, -0.25) is 4.79 Å². The first-order valence-electron chi connectivity index (χ1n) is 11.0. The highest BCUT2D eigenvalue weighted by Gasteiger charge is 2.68. The average molecular weight is 449 g/mol. The molecule has 0 aromatic carbocycles. The van der Waals surface area contributed by atoms with Crippen molar-refractivity contribution in [2.24, 2.45) is 22.7 Å². The first kappa shape index (κ1) is 22.1. The molecule has 0 amide bonds. The third-order valence-electron chi connectivity index (χ3n) is 8.10. The number of carbonyl (C=O) groups excluding carboxylic acids is 3. The van der Waals surface area contributed by atoms with Gasteiger partial charge in [0, 0.05) is 10.8 Å². The van der Waals surface area contributed by atoms with Crippen molar-refractivity contribution in [3.05, 3.63) is 35.5 Å². The van der Waals surface area contributed by atoms with E-state index in [1.807, 2.05) is 13.0 Å². The summed E-state index contributed by atoms with van der Waals surface area (Å²) in [7, 11) is 0. The third-order valence-corrected chi connectivity index (χ3v) is 8.21. The van der Waals surface area contributed by atoms with Crippen LogP contribution in [0.3, 0.4) is 0 Å². The zero-order chi connectivity index (χ0) is 22.4. The van der Waals surface area contributed by atoms with Crippen molar-refractivity contribution >= 4 is 29.5 Å². The van der Waals surface area contributed by atoms with Crippen molar-refractivity contribution in [2.45, 2.75) is 58.5 Å². The quantitative estimate of drug-likeness (QED) is 0.347. The van der Waals surface area contributed by atoms with Gasteiger partial charge in [0.2, 0.25) is 5.60 Å². The first-order valence-corrected chi connectivity index (χ1v) is 11.5. The SMILES string of the molecule is CCOC(=O)O[C@]1(C(=O)OCCl)CC[C@H]2[C@@H]3CCC4=CC(=O)C=C[C@]4(C)C3=CC[C@@]21C. The van der Waals surface area contributed by atoms with Crippen LogP contribution < -0.4 is 0 Å². The first-order chi connectivity index (χ1) is 14.7. The van der Waals surface area contributed by atoms with Crippen molar-refractivity contribution in [2.75, 3.05) is 12.7 Å². The minimum absolute atomic E-state index is 0.0405. The molecule has 0 aliphatic heterocycles. The summed E-state index contributed by atoms with van der Waals surface area (Å²) in [5.74, 6) is -0.202. The van der Waals surface area contributed by atoms with Gasteiger partial charge in [-0.05, 0) is 69.9 Å². The molecule has 0 spiro atoms. The summed E-state index contributed by atoms with van der Waals surface area (Å²) in [4.78, 5) is 37.4. The van der Waals surface area contributed by atoms with Gasteiger partial charge in [0.15, 0.2) is 11.8 Å². The van der Waals surface area contributed by atoms with E-state index in [9.17, 15) is 14.4 Å². The number of alkyl halides is 1. The number of rotatable bonds is 4. The lowest BCUT2D eigenvalue weighted by atomic mass is 9.51. The molecule has 4 aliphatic carbocycles. The molecule has 4 aliphatic rings. The lowest BCUT2D eigenvalue weighted by Gasteiger charge is -2.53. The number of carbonyl (C=O) groups is 3. The van der Waals surface area contributed by atoms with Crippen LogP contribution in [0.1, 0.15) is 52.9 Å². The summed E-state index contributed by atoms with van der Waals surface area (Å²) in [5.41, 5.74) is 0.106. The van der Waals surface area contributed by atoms with E-state index in [4.69, 9.17) is 25.8 Å². The zero-order valence-corrected chi connectivity index (χ0v) is 19.0. The summed E-state index contributed by atoms with van der Waals surface area (Å²) in [5, 5.41) is 0. The molecule has 2 saturated carbocycles. The predicted octanol–water partition coefficient (Wildman–Crippen LogP) is 4.87. The van der Waals surface area contributed by atoms with E-state index >= 15 is 0 Å². The molecule has 7 heteroatoms. The van der Waals surface area contributed by atoms with Gasteiger partial charge in [-0.15, -0.1) is 0 Å². The molecule has 31 heavy (non-hydrogen) atoms. The average Bonchev–Trinajstić information content (AvgIpc) is 3.02. The number of hydrogen-bond donors (Lipinski definition) is 0. The Morgan fingerprint density at radius 2 is 2.00 bits per heavy atom. The van der Waals surface area contributed by atoms with Gasteiger partial charge >= 0.3 is 12.1 Å². The Kier molecular flexibility index (Phi) is 5.57. The van der Waals surface area contributed by atoms with Gasteiger partial charge in [-0.1, -0.05) is 41.8 Å². The van der Waals surface area contributed by atoms with Crippen LogP contribution in [0.4, 0.5) is 4.79 Å². The number of halogens is 1. The number of ether oxygens (including phenoxy) is 3. The number of hydrogen-bond acceptors (Lipinski definition) is 6. The van der Waals surface area contributed by atoms with Gasteiger partial charge in [-0.2, -0.15) is 0 Å². The van der Waals surface area contributed by atoms with Crippen LogP contribution in [0.15, 0.2) is 35.5 Å². The summed E-state index contributed by atoms with van der Waals surface area (Å²) < 4.78 is 16.0. The number of esters is 1. The maximum Gasteiger partial charge on any atom is 0.509 e. The standard InChI is InChI=1S/C24H29ClO6/c1-4-29-21(28)31-24(20(27)30-14-25)12-9-19-17-6-5-15-13-16(26)7-10-22(15,2)18(17)8-11-23(19,24)3/h7-8,10,13,17,19H,4-6,9,11-12,14H2,1-3H3/t17-,19+,22+,23+,24+/m1/s1. The van der Waals surface area contributed by atoms with Crippen molar-refractivity contribution < 1.29 is 28.6 Å². The zero-order valence-electron chi connectivity index (χ0n) is 18.2. The molecule has 0 aromatic heterocycles. The molecular formula is C24H29ClO6. The normalized spacial score (nSPS) is 38.3. The van der Waals surface area contributed by atoms with Gasteiger partial charge in [-0.25, -0.2) is 9.59 Å². The van der Waals surface area contributed by atoms with Crippen LogP contribution >= 0.6 is 11.6 Å². The molecule has 0 heterocycles. The van der Waals surface area contributed by atoms with E-state index in [1.165, 1.54) is 5.57 Å². The topological polar surface area (TPSA) is 78.9 Å². The molecule has 0 aromatic rings. The van der Waals surface area contributed by atoms with Gasteiger partial charge < -0.3 is 14.2 Å². The molecule has 0 radical (unpaired) electrons. The second kappa shape index (κ2) is 7.80.